The zero-order valence-electron chi connectivity index (χ0n) is 16.5. The number of thiocarbonyl (C=S) groups is 1. The van der Waals surface area contributed by atoms with Crippen molar-refractivity contribution in [1.82, 2.24) is 10.4 Å². The smallest absolute Gasteiger partial charge is 0.285 e. The molecule has 3 rings (SSSR count). The lowest BCUT2D eigenvalue weighted by atomic mass is 10.1. The SMILES string of the molecule is COc1cc(C=C2SC(=S)N(NC(=O)c3ccc(C)cc3Cl)C2=O)ccc1OCC#N. The molecule has 1 heterocycles. The van der Waals surface area contributed by atoms with Crippen molar-refractivity contribution in [3.8, 4) is 17.6 Å². The number of aryl methyl sites for hydroxylation is 1. The molecule has 0 spiro atoms. The Morgan fingerprint density at radius 2 is 2.10 bits per heavy atom. The number of hydrogen-bond donors (Lipinski definition) is 1. The Hall–Kier alpha value is -3.06. The van der Waals surface area contributed by atoms with Crippen LogP contribution >= 0.6 is 35.6 Å². The molecular formula is C21H16ClN3O4S2. The van der Waals surface area contributed by atoms with Crippen molar-refractivity contribution in [3.05, 3.63) is 63.0 Å². The Balaban J connectivity index is 1.79. The zero-order valence-corrected chi connectivity index (χ0v) is 18.9. The number of methoxy groups -OCH3 is 1. The number of nitrogens with zero attached hydrogens (tertiary/aromatic N) is 2. The van der Waals surface area contributed by atoms with Gasteiger partial charge in [-0.15, -0.1) is 0 Å². The topological polar surface area (TPSA) is 91.7 Å². The zero-order chi connectivity index (χ0) is 22.5. The van der Waals surface area contributed by atoms with Gasteiger partial charge in [0.1, 0.15) is 6.07 Å². The first-order valence-electron chi connectivity index (χ1n) is 8.87. The van der Waals surface area contributed by atoms with Crippen molar-refractivity contribution in [3.63, 3.8) is 0 Å². The molecule has 0 saturated carbocycles. The fourth-order valence-corrected chi connectivity index (χ4v) is 4.19. The molecule has 10 heteroatoms. The van der Waals surface area contributed by atoms with Gasteiger partial charge in [-0.1, -0.05) is 35.5 Å². The summed E-state index contributed by atoms with van der Waals surface area (Å²) in [6, 6.07) is 11.9. The van der Waals surface area contributed by atoms with E-state index < -0.39 is 11.8 Å². The van der Waals surface area contributed by atoms with E-state index in [1.165, 1.54) is 7.11 Å². The standard InChI is InChI=1S/C21H16ClN3O4S2/c1-12-3-5-14(15(22)9-12)19(26)24-25-20(27)18(31-21(25)30)11-13-4-6-16(29-8-7-23)17(10-13)28-2/h3-6,9-11H,8H2,1-2H3,(H,24,26). The molecule has 0 unspecified atom stereocenters. The number of halogens is 1. The Labute approximate surface area is 193 Å². The highest BCUT2D eigenvalue weighted by atomic mass is 35.5. The number of carbonyl (C=O) groups is 2. The van der Waals surface area contributed by atoms with E-state index in [4.69, 9.17) is 38.6 Å². The highest BCUT2D eigenvalue weighted by Crippen LogP contribution is 2.34. The number of thioether (sulfide) groups is 1. The maximum atomic E-state index is 12.8. The third-order valence-corrected chi connectivity index (χ3v) is 5.77. The number of nitrogens with one attached hydrogen (secondary N) is 1. The normalized spacial score (nSPS) is 14.5. The highest BCUT2D eigenvalue weighted by Gasteiger charge is 2.34. The largest absolute Gasteiger partial charge is 0.493 e. The lowest BCUT2D eigenvalue weighted by molar-refractivity contribution is -0.123. The minimum Gasteiger partial charge on any atom is -0.493 e. The molecule has 0 bridgehead atoms. The Morgan fingerprint density at radius 3 is 2.77 bits per heavy atom. The molecule has 2 aromatic carbocycles. The molecule has 1 fully saturated rings. The van der Waals surface area contributed by atoms with Crippen molar-refractivity contribution in [1.29, 1.82) is 5.26 Å². The summed E-state index contributed by atoms with van der Waals surface area (Å²) in [5.74, 6) is -0.170. The average Bonchev–Trinajstić information content (AvgIpc) is 2.99. The molecule has 0 aromatic heterocycles. The van der Waals surface area contributed by atoms with E-state index in [1.807, 2.05) is 13.0 Å². The Morgan fingerprint density at radius 1 is 1.32 bits per heavy atom. The van der Waals surface area contributed by atoms with Crippen LogP contribution in [0.5, 0.6) is 11.5 Å². The fourth-order valence-electron chi connectivity index (χ4n) is 2.68. The number of carbonyl (C=O) groups excluding carboxylic acids is 2. The van der Waals surface area contributed by atoms with Crippen molar-refractivity contribution >= 4 is 57.8 Å². The van der Waals surface area contributed by atoms with Crippen LogP contribution in [0.25, 0.3) is 6.08 Å². The van der Waals surface area contributed by atoms with E-state index in [1.54, 1.807) is 42.5 Å². The summed E-state index contributed by atoms with van der Waals surface area (Å²) in [7, 11) is 1.48. The van der Waals surface area contributed by atoms with Crippen molar-refractivity contribution in [2.75, 3.05) is 13.7 Å². The van der Waals surface area contributed by atoms with Gasteiger partial charge in [0.15, 0.2) is 22.4 Å². The molecule has 1 aliphatic rings. The molecule has 0 radical (unpaired) electrons. The van der Waals surface area contributed by atoms with Crippen molar-refractivity contribution < 1.29 is 19.1 Å². The van der Waals surface area contributed by atoms with Crippen LogP contribution in [0, 0.1) is 18.3 Å². The summed E-state index contributed by atoms with van der Waals surface area (Å²) < 4.78 is 10.8. The van der Waals surface area contributed by atoms with Gasteiger partial charge in [0.25, 0.3) is 11.8 Å². The molecule has 1 N–H and O–H groups in total. The predicted octanol–water partition coefficient (Wildman–Crippen LogP) is 4.11. The quantitative estimate of drug-likeness (QED) is 0.498. The van der Waals surface area contributed by atoms with Crippen LogP contribution in [0.3, 0.4) is 0 Å². The Kier molecular flexibility index (Phi) is 7.17. The van der Waals surface area contributed by atoms with Crippen LogP contribution in [-0.2, 0) is 4.79 Å². The monoisotopic (exact) mass is 473 g/mol. The Bertz CT molecular complexity index is 1140. The number of benzene rings is 2. The summed E-state index contributed by atoms with van der Waals surface area (Å²) in [5, 5.41) is 9.96. The van der Waals surface area contributed by atoms with E-state index in [0.29, 0.717) is 22.0 Å². The number of hydrogen-bond acceptors (Lipinski definition) is 7. The summed E-state index contributed by atoms with van der Waals surface area (Å²) in [4.78, 5) is 25.7. The molecule has 7 nitrogen and oxygen atoms in total. The molecule has 0 atom stereocenters. The van der Waals surface area contributed by atoms with Gasteiger partial charge in [0.05, 0.1) is 22.6 Å². The van der Waals surface area contributed by atoms with Crippen LogP contribution in [0.1, 0.15) is 21.5 Å². The lowest BCUT2D eigenvalue weighted by Gasteiger charge is -2.16. The van der Waals surface area contributed by atoms with E-state index in [0.717, 1.165) is 22.3 Å². The van der Waals surface area contributed by atoms with Crippen LogP contribution < -0.4 is 14.9 Å². The van der Waals surface area contributed by atoms with Gasteiger partial charge in [0, 0.05) is 0 Å². The number of ether oxygens (including phenoxy) is 2. The van der Waals surface area contributed by atoms with Gasteiger partial charge in [-0.2, -0.15) is 10.3 Å². The molecular weight excluding hydrogens is 458 g/mol. The van der Waals surface area contributed by atoms with Gasteiger partial charge < -0.3 is 9.47 Å². The first kappa shape index (κ1) is 22.6. The second-order valence-electron chi connectivity index (χ2n) is 6.30. The third-order valence-electron chi connectivity index (χ3n) is 4.15. The molecule has 0 aliphatic carbocycles. The van der Waals surface area contributed by atoms with E-state index in [9.17, 15) is 9.59 Å². The predicted molar refractivity (Wildman–Crippen MR) is 123 cm³/mol. The molecule has 1 aliphatic heterocycles. The molecule has 31 heavy (non-hydrogen) atoms. The minimum absolute atomic E-state index is 0.112. The van der Waals surface area contributed by atoms with Gasteiger partial charge in [0.2, 0.25) is 0 Å². The molecule has 2 amide bonds. The summed E-state index contributed by atoms with van der Waals surface area (Å²) in [6.45, 7) is 1.75. The second kappa shape index (κ2) is 9.83. The number of rotatable bonds is 6. The number of amides is 2. The summed E-state index contributed by atoms with van der Waals surface area (Å²) >= 11 is 12.5. The first-order chi connectivity index (χ1) is 14.8. The maximum absolute atomic E-state index is 12.8. The first-order valence-corrected chi connectivity index (χ1v) is 10.5. The average molecular weight is 474 g/mol. The van der Waals surface area contributed by atoms with Crippen LogP contribution in [0.2, 0.25) is 5.02 Å². The number of nitriles is 1. The second-order valence-corrected chi connectivity index (χ2v) is 8.38. The van der Waals surface area contributed by atoms with Crippen LogP contribution in [0.4, 0.5) is 0 Å². The van der Waals surface area contributed by atoms with E-state index in [2.05, 4.69) is 5.43 Å². The maximum Gasteiger partial charge on any atom is 0.285 e. The molecule has 1 saturated heterocycles. The highest BCUT2D eigenvalue weighted by molar-refractivity contribution is 8.26. The van der Waals surface area contributed by atoms with Crippen molar-refractivity contribution in [2.45, 2.75) is 6.92 Å². The van der Waals surface area contributed by atoms with Crippen LogP contribution in [0.15, 0.2) is 41.3 Å². The van der Waals surface area contributed by atoms with Crippen molar-refractivity contribution in [2.24, 2.45) is 0 Å². The fraction of sp³-hybridized carbons (Fsp3) is 0.143. The minimum atomic E-state index is -0.539. The lowest BCUT2D eigenvalue weighted by Crippen LogP contribution is -2.44. The van der Waals surface area contributed by atoms with E-state index >= 15 is 0 Å². The molecule has 2 aromatic rings. The molecule has 158 valence electrons. The third kappa shape index (κ3) is 5.17. The van der Waals surface area contributed by atoms with Gasteiger partial charge in [-0.25, -0.2) is 0 Å². The van der Waals surface area contributed by atoms with Gasteiger partial charge in [-0.3, -0.25) is 15.0 Å². The summed E-state index contributed by atoms with van der Waals surface area (Å²) in [5.41, 5.74) is 4.32. The van der Waals surface area contributed by atoms with Crippen LogP contribution in [-0.4, -0.2) is 34.9 Å². The summed E-state index contributed by atoms with van der Waals surface area (Å²) in [6.07, 6.45) is 1.63. The number of hydrazine groups is 1. The van der Waals surface area contributed by atoms with Gasteiger partial charge in [-0.05, 0) is 60.6 Å². The van der Waals surface area contributed by atoms with E-state index in [-0.39, 0.29) is 21.5 Å². The van der Waals surface area contributed by atoms with Gasteiger partial charge >= 0.3 is 0 Å².